The number of nitrogens with zero attached hydrogens (tertiary/aromatic N) is 1. The number of carbonyl (C=O) groups is 5. The van der Waals surface area contributed by atoms with E-state index in [1.807, 2.05) is 0 Å². The van der Waals surface area contributed by atoms with E-state index in [1.165, 1.54) is 29.2 Å². The normalized spacial score (nSPS) is 14.0. The SMILES string of the molecule is CC(=O)Oc1ccc(OC(C)=O)c2c1C(=O)C1=C(C2=O)N(c2cccc(C(N)=O)c2)Cc2ccccc2O1. The van der Waals surface area contributed by atoms with Crippen molar-refractivity contribution in [3.8, 4) is 17.2 Å². The number of primary amides is 1. The first-order chi connectivity index (χ1) is 18.2. The number of allylic oxidation sites excluding steroid dienone is 2. The fourth-order valence-corrected chi connectivity index (χ4v) is 4.42. The van der Waals surface area contributed by atoms with Gasteiger partial charge < -0.3 is 24.8 Å². The van der Waals surface area contributed by atoms with Gasteiger partial charge in [-0.05, 0) is 36.4 Å². The molecule has 2 N–H and O–H groups in total. The maximum absolute atomic E-state index is 14.2. The lowest BCUT2D eigenvalue weighted by Crippen LogP contribution is -2.35. The molecule has 0 saturated heterocycles. The highest BCUT2D eigenvalue weighted by Gasteiger charge is 2.43. The maximum atomic E-state index is 14.2. The van der Waals surface area contributed by atoms with Crippen molar-refractivity contribution in [1.29, 1.82) is 0 Å². The highest BCUT2D eigenvalue weighted by molar-refractivity contribution is 6.29. The van der Waals surface area contributed by atoms with Crippen molar-refractivity contribution >= 4 is 35.1 Å². The predicted molar refractivity (Wildman–Crippen MR) is 133 cm³/mol. The molecular formula is C28H20N2O8. The number of hydrogen-bond acceptors (Lipinski definition) is 9. The quantitative estimate of drug-likeness (QED) is 0.411. The number of nitrogens with two attached hydrogens (primary N) is 1. The number of esters is 2. The minimum absolute atomic E-state index is 0.0953. The topological polar surface area (TPSA) is 142 Å². The zero-order valence-corrected chi connectivity index (χ0v) is 20.3. The summed E-state index contributed by atoms with van der Waals surface area (Å²) in [4.78, 5) is 65.2. The standard InChI is InChI=1S/C28H20N2O8/c1-14(31)36-20-10-11-21(37-15(2)32)23-22(20)25(33)24-27(26(23)34)38-19-9-4-3-6-17(19)13-30(24)18-8-5-7-16(12-18)28(29)35/h3-12H,13H2,1-2H3,(H2,29,35). The van der Waals surface area contributed by atoms with Gasteiger partial charge in [-0.15, -0.1) is 0 Å². The number of Topliss-reactive ketones (excluding diaryl/α,β-unsaturated/α-hetero) is 2. The van der Waals surface area contributed by atoms with E-state index in [0.717, 1.165) is 13.8 Å². The molecule has 0 radical (unpaired) electrons. The summed E-state index contributed by atoms with van der Waals surface area (Å²) in [6.45, 7) is 2.40. The second kappa shape index (κ2) is 9.32. The van der Waals surface area contributed by atoms with Crippen molar-refractivity contribution in [1.82, 2.24) is 0 Å². The van der Waals surface area contributed by atoms with E-state index in [-0.39, 0.29) is 46.2 Å². The molecule has 10 nitrogen and oxygen atoms in total. The van der Waals surface area contributed by atoms with Crippen LogP contribution in [0.3, 0.4) is 0 Å². The summed E-state index contributed by atoms with van der Waals surface area (Å²) in [6, 6.07) is 15.7. The third-order valence-corrected chi connectivity index (χ3v) is 5.95. The molecule has 0 unspecified atom stereocenters. The smallest absolute Gasteiger partial charge is 0.308 e. The van der Waals surface area contributed by atoms with E-state index < -0.39 is 29.4 Å². The summed E-state index contributed by atoms with van der Waals surface area (Å²) in [5.74, 6) is -3.92. The van der Waals surface area contributed by atoms with Crippen LogP contribution in [0.5, 0.6) is 17.2 Å². The molecule has 10 heteroatoms. The van der Waals surface area contributed by atoms with E-state index in [2.05, 4.69) is 0 Å². The number of amides is 1. The molecule has 0 spiro atoms. The number of ketones is 2. The van der Waals surface area contributed by atoms with E-state index in [9.17, 15) is 24.0 Å². The monoisotopic (exact) mass is 512 g/mol. The van der Waals surface area contributed by atoms with Crippen LogP contribution >= 0.6 is 0 Å². The molecule has 5 rings (SSSR count). The van der Waals surface area contributed by atoms with Crippen LogP contribution in [0.25, 0.3) is 0 Å². The van der Waals surface area contributed by atoms with Crippen molar-refractivity contribution < 1.29 is 38.2 Å². The van der Waals surface area contributed by atoms with Crippen molar-refractivity contribution in [2.75, 3.05) is 4.90 Å². The van der Waals surface area contributed by atoms with Crippen LogP contribution < -0.4 is 24.8 Å². The molecule has 1 heterocycles. The van der Waals surface area contributed by atoms with Gasteiger partial charge in [-0.25, -0.2) is 0 Å². The van der Waals surface area contributed by atoms with Gasteiger partial charge >= 0.3 is 11.9 Å². The van der Waals surface area contributed by atoms with Gasteiger partial charge in [0.05, 0.1) is 17.7 Å². The first-order valence-corrected chi connectivity index (χ1v) is 11.5. The lowest BCUT2D eigenvalue weighted by atomic mass is 9.88. The molecule has 3 aromatic rings. The lowest BCUT2D eigenvalue weighted by Gasteiger charge is -2.30. The summed E-state index contributed by atoms with van der Waals surface area (Å²) in [5, 5.41) is 0. The Labute approximate surface area is 216 Å². The number of carbonyl (C=O) groups excluding carboxylic acids is 5. The second-order valence-electron chi connectivity index (χ2n) is 8.55. The fraction of sp³-hybridized carbons (Fsp3) is 0.107. The van der Waals surface area contributed by atoms with Crippen LogP contribution in [-0.4, -0.2) is 29.4 Å². The molecule has 190 valence electrons. The van der Waals surface area contributed by atoms with Gasteiger partial charge in [0, 0.05) is 30.7 Å². The molecule has 0 aromatic heterocycles. The van der Waals surface area contributed by atoms with Gasteiger partial charge in [0.25, 0.3) is 0 Å². The predicted octanol–water partition coefficient (Wildman–Crippen LogP) is 3.33. The summed E-state index contributed by atoms with van der Waals surface area (Å²) in [6.07, 6.45) is 0. The number of ether oxygens (including phenoxy) is 3. The van der Waals surface area contributed by atoms with Crippen LogP contribution in [0.15, 0.2) is 72.1 Å². The molecule has 0 saturated carbocycles. The van der Waals surface area contributed by atoms with Crippen molar-refractivity contribution in [3.05, 3.63) is 94.4 Å². The molecule has 3 aromatic carbocycles. The molecule has 0 atom stereocenters. The van der Waals surface area contributed by atoms with Crippen molar-refractivity contribution in [2.45, 2.75) is 20.4 Å². The summed E-state index contributed by atoms with van der Waals surface area (Å²) < 4.78 is 16.5. The number of rotatable bonds is 4. The van der Waals surface area contributed by atoms with E-state index >= 15 is 0 Å². The first-order valence-electron chi connectivity index (χ1n) is 11.5. The van der Waals surface area contributed by atoms with Crippen molar-refractivity contribution in [2.24, 2.45) is 5.73 Å². The molecule has 1 aliphatic heterocycles. The molecule has 38 heavy (non-hydrogen) atoms. The Balaban J connectivity index is 1.79. The Morgan fingerprint density at radius 3 is 2.11 bits per heavy atom. The Morgan fingerprint density at radius 2 is 1.47 bits per heavy atom. The molecule has 1 amide bonds. The molecule has 0 bridgehead atoms. The van der Waals surface area contributed by atoms with Gasteiger partial charge in [0.1, 0.15) is 22.9 Å². The zero-order valence-electron chi connectivity index (χ0n) is 20.3. The second-order valence-corrected chi connectivity index (χ2v) is 8.55. The van der Waals surface area contributed by atoms with Crippen LogP contribution in [0.2, 0.25) is 0 Å². The fourth-order valence-electron chi connectivity index (χ4n) is 4.42. The van der Waals surface area contributed by atoms with Gasteiger partial charge in [-0.2, -0.15) is 0 Å². The Morgan fingerprint density at radius 1 is 0.842 bits per heavy atom. The van der Waals surface area contributed by atoms with Gasteiger partial charge in [-0.3, -0.25) is 24.0 Å². The average molecular weight is 512 g/mol. The molecule has 0 fully saturated rings. The molecule has 2 aliphatic rings. The van der Waals surface area contributed by atoms with Crippen LogP contribution in [0, 0.1) is 0 Å². The number of anilines is 1. The Bertz CT molecular complexity index is 1600. The first kappa shape index (κ1) is 24.4. The van der Waals surface area contributed by atoms with Gasteiger partial charge in [-0.1, -0.05) is 24.3 Å². The van der Waals surface area contributed by atoms with Crippen LogP contribution in [0.1, 0.15) is 50.5 Å². The highest BCUT2D eigenvalue weighted by atomic mass is 16.5. The molecule has 1 aliphatic carbocycles. The third kappa shape index (κ3) is 4.17. The zero-order chi connectivity index (χ0) is 27.1. The summed E-state index contributed by atoms with van der Waals surface area (Å²) >= 11 is 0. The highest BCUT2D eigenvalue weighted by Crippen LogP contribution is 2.43. The maximum Gasteiger partial charge on any atom is 0.308 e. The number of fused-ring (bicyclic) bond motifs is 2. The Hall–Kier alpha value is -5.25. The van der Waals surface area contributed by atoms with Gasteiger partial charge in [0.15, 0.2) is 0 Å². The van der Waals surface area contributed by atoms with E-state index in [1.54, 1.807) is 36.4 Å². The van der Waals surface area contributed by atoms with Crippen LogP contribution in [0.4, 0.5) is 5.69 Å². The van der Waals surface area contributed by atoms with E-state index in [4.69, 9.17) is 19.9 Å². The lowest BCUT2D eigenvalue weighted by molar-refractivity contribution is -0.133. The van der Waals surface area contributed by atoms with Crippen molar-refractivity contribution in [3.63, 3.8) is 0 Å². The number of hydrogen-bond donors (Lipinski definition) is 1. The Kier molecular flexibility index (Phi) is 6.00. The average Bonchev–Trinajstić information content (AvgIpc) is 3.05. The minimum atomic E-state index is -0.757. The largest absolute Gasteiger partial charge is 0.450 e. The van der Waals surface area contributed by atoms with Gasteiger partial charge in [0.2, 0.25) is 23.2 Å². The molecular weight excluding hydrogens is 492 g/mol. The summed E-state index contributed by atoms with van der Waals surface area (Å²) in [5.41, 5.74) is 6.04. The van der Waals surface area contributed by atoms with E-state index in [0.29, 0.717) is 17.0 Å². The van der Waals surface area contributed by atoms with Crippen LogP contribution in [-0.2, 0) is 16.1 Å². The third-order valence-electron chi connectivity index (χ3n) is 5.95. The number of benzene rings is 3. The number of para-hydroxylation sites is 1. The summed E-state index contributed by atoms with van der Waals surface area (Å²) in [7, 11) is 0. The minimum Gasteiger partial charge on any atom is -0.450 e.